The Balaban J connectivity index is 1.39. The molecule has 1 aromatic heterocycles. The molecule has 1 aliphatic heterocycles. The van der Waals surface area contributed by atoms with E-state index >= 15 is 0 Å². The standard InChI is InChI=1S/C20H19BrClN3O2/c1-12-2-4-16(15(21)10-12)24-20(26)25-8-6-13(7-9-25)19-23-17-11-14(22)3-5-18(17)27-19/h2-5,10-11,13H,6-9H2,1H3,(H,24,26). The van der Waals surface area contributed by atoms with Gasteiger partial charge in [-0.2, -0.15) is 0 Å². The van der Waals surface area contributed by atoms with Gasteiger partial charge in [0.05, 0.1) is 5.69 Å². The smallest absolute Gasteiger partial charge is 0.321 e. The Bertz CT molecular complexity index is 996. The van der Waals surface area contributed by atoms with Gasteiger partial charge in [-0.1, -0.05) is 17.7 Å². The van der Waals surface area contributed by atoms with E-state index in [2.05, 4.69) is 26.2 Å². The average molecular weight is 449 g/mol. The zero-order chi connectivity index (χ0) is 19.0. The second-order valence-corrected chi connectivity index (χ2v) is 8.13. The molecule has 2 aromatic carbocycles. The third kappa shape index (κ3) is 3.96. The average Bonchev–Trinajstić information content (AvgIpc) is 3.07. The van der Waals surface area contributed by atoms with Crippen molar-refractivity contribution >= 4 is 50.3 Å². The van der Waals surface area contributed by atoms with Crippen LogP contribution in [-0.2, 0) is 0 Å². The predicted octanol–water partition coefficient (Wildman–Crippen LogP) is 5.96. The van der Waals surface area contributed by atoms with Crippen LogP contribution in [-0.4, -0.2) is 29.0 Å². The number of rotatable bonds is 2. The summed E-state index contributed by atoms with van der Waals surface area (Å²) in [4.78, 5) is 19.0. The van der Waals surface area contributed by atoms with Crippen LogP contribution < -0.4 is 5.32 Å². The number of urea groups is 1. The van der Waals surface area contributed by atoms with Crippen molar-refractivity contribution in [2.24, 2.45) is 0 Å². The van der Waals surface area contributed by atoms with Crippen molar-refractivity contribution in [2.45, 2.75) is 25.7 Å². The molecular formula is C20H19BrClN3O2. The van der Waals surface area contributed by atoms with Crippen molar-refractivity contribution in [2.75, 3.05) is 18.4 Å². The Labute approximate surface area is 170 Å². The third-order valence-corrected chi connectivity index (χ3v) is 5.75. The number of nitrogens with zero attached hydrogens (tertiary/aromatic N) is 2. The van der Waals surface area contributed by atoms with Gasteiger partial charge < -0.3 is 14.6 Å². The lowest BCUT2D eigenvalue weighted by atomic mass is 9.97. The van der Waals surface area contributed by atoms with Crippen LogP contribution in [0.2, 0.25) is 5.02 Å². The number of likely N-dealkylation sites (tertiary alicyclic amines) is 1. The molecule has 1 fully saturated rings. The summed E-state index contributed by atoms with van der Waals surface area (Å²) >= 11 is 9.52. The van der Waals surface area contributed by atoms with Gasteiger partial charge in [0.2, 0.25) is 0 Å². The van der Waals surface area contributed by atoms with E-state index in [4.69, 9.17) is 16.0 Å². The maximum absolute atomic E-state index is 12.6. The number of carbonyl (C=O) groups excluding carboxylic acids is 1. The number of aromatic nitrogens is 1. The van der Waals surface area contributed by atoms with E-state index in [-0.39, 0.29) is 11.9 Å². The quantitative estimate of drug-likeness (QED) is 0.526. The van der Waals surface area contributed by atoms with Crippen LogP contribution in [0.4, 0.5) is 10.5 Å². The van der Waals surface area contributed by atoms with E-state index in [0.717, 1.165) is 45.6 Å². The third-order valence-electron chi connectivity index (χ3n) is 4.86. The van der Waals surface area contributed by atoms with E-state index < -0.39 is 0 Å². The zero-order valence-corrected chi connectivity index (χ0v) is 17.2. The van der Waals surface area contributed by atoms with Crippen LogP contribution in [0.1, 0.15) is 30.2 Å². The molecule has 3 aromatic rings. The topological polar surface area (TPSA) is 58.4 Å². The summed E-state index contributed by atoms with van der Waals surface area (Å²) < 4.78 is 6.77. The van der Waals surface area contributed by atoms with Crippen LogP contribution in [0.5, 0.6) is 0 Å². The fourth-order valence-electron chi connectivity index (χ4n) is 3.34. The summed E-state index contributed by atoms with van der Waals surface area (Å²) in [5.41, 5.74) is 3.45. The number of piperidine rings is 1. The summed E-state index contributed by atoms with van der Waals surface area (Å²) in [7, 11) is 0. The van der Waals surface area contributed by atoms with Crippen LogP contribution in [0.3, 0.4) is 0 Å². The first kappa shape index (κ1) is 18.3. The minimum absolute atomic E-state index is 0.0812. The fourth-order valence-corrected chi connectivity index (χ4v) is 4.10. The first-order valence-corrected chi connectivity index (χ1v) is 10.0. The molecule has 0 saturated carbocycles. The molecular weight excluding hydrogens is 430 g/mol. The Morgan fingerprint density at radius 3 is 2.78 bits per heavy atom. The molecule has 1 aliphatic rings. The van der Waals surface area contributed by atoms with Crippen molar-refractivity contribution in [3.63, 3.8) is 0 Å². The van der Waals surface area contributed by atoms with E-state index in [1.165, 1.54) is 0 Å². The number of hydrogen-bond acceptors (Lipinski definition) is 3. The maximum atomic E-state index is 12.6. The summed E-state index contributed by atoms with van der Waals surface area (Å²) in [6.45, 7) is 3.35. The Morgan fingerprint density at radius 1 is 1.26 bits per heavy atom. The molecule has 5 nitrogen and oxygen atoms in total. The van der Waals surface area contributed by atoms with Gasteiger partial charge >= 0.3 is 6.03 Å². The lowest BCUT2D eigenvalue weighted by Gasteiger charge is -2.30. The summed E-state index contributed by atoms with van der Waals surface area (Å²) in [5.74, 6) is 0.944. The fraction of sp³-hybridized carbons (Fsp3) is 0.300. The Hall–Kier alpha value is -2.05. The van der Waals surface area contributed by atoms with E-state index in [1.807, 2.05) is 42.2 Å². The highest BCUT2D eigenvalue weighted by molar-refractivity contribution is 9.10. The van der Waals surface area contributed by atoms with Gasteiger partial charge in [-0.3, -0.25) is 0 Å². The largest absolute Gasteiger partial charge is 0.440 e. The van der Waals surface area contributed by atoms with E-state index in [9.17, 15) is 4.79 Å². The highest BCUT2D eigenvalue weighted by Crippen LogP contribution is 2.31. The van der Waals surface area contributed by atoms with Gasteiger partial charge in [0.15, 0.2) is 11.5 Å². The number of halogens is 2. The zero-order valence-electron chi connectivity index (χ0n) is 14.8. The molecule has 140 valence electrons. The molecule has 0 unspecified atom stereocenters. The number of amides is 2. The van der Waals surface area contributed by atoms with Gasteiger partial charge in [-0.25, -0.2) is 9.78 Å². The number of benzene rings is 2. The van der Waals surface area contributed by atoms with Crippen LogP contribution >= 0.6 is 27.5 Å². The minimum atomic E-state index is -0.0812. The number of carbonyl (C=O) groups is 1. The molecule has 0 bridgehead atoms. The molecule has 0 aliphatic carbocycles. The van der Waals surface area contributed by atoms with Crippen molar-refractivity contribution < 1.29 is 9.21 Å². The first-order valence-electron chi connectivity index (χ1n) is 8.87. The van der Waals surface area contributed by atoms with Gasteiger partial charge in [0, 0.05) is 28.5 Å². The van der Waals surface area contributed by atoms with Crippen LogP contribution in [0.15, 0.2) is 45.3 Å². The number of aryl methyl sites for hydroxylation is 1. The lowest BCUT2D eigenvalue weighted by molar-refractivity contribution is 0.190. The van der Waals surface area contributed by atoms with Crippen molar-refractivity contribution in [3.8, 4) is 0 Å². The maximum Gasteiger partial charge on any atom is 0.321 e. The van der Waals surface area contributed by atoms with Crippen molar-refractivity contribution in [1.82, 2.24) is 9.88 Å². The molecule has 27 heavy (non-hydrogen) atoms. The SMILES string of the molecule is Cc1ccc(NC(=O)N2CCC(c3nc4cc(Cl)ccc4o3)CC2)c(Br)c1. The predicted molar refractivity (Wildman–Crippen MR) is 110 cm³/mol. The van der Waals surface area contributed by atoms with Crippen LogP contribution in [0.25, 0.3) is 11.1 Å². The molecule has 1 N–H and O–H groups in total. The Kier molecular flexibility index (Phi) is 5.10. The molecule has 2 amide bonds. The highest BCUT2D eigenvalue weighted by atomic mass is 79.9. The van der Waals surface area contributed by atoms with E-state index in [0.29, 0.717) is 18.1 Å². The van der Waals surface area contributed by atoms with Crippen molar-refractivity contribution in [1.29, 1.82) is 0 Å². The molecule has 0 atom stereocenters. The van der Waals surface area contributed by atoms with Gasteiger partial charge in [-0.05, 0) is 71.6 Å². The Morgan fingerprint density at radius 2 is 2.04 bits per heavy atom. The highest BCUT2D eigenvalue weighted by Gasteiger charge is 2.27. The summed E-state index contributed by atoms with van der Waals surface area (Å²) in [6, 6.07) is 11.3. The molecule has 2 heterocycles. The molecule has 0 radical (unpaired) electrons. The second-order valence-electron chi connectivity index (χ2n) is 6.84. The minimum Gasteiger partial charge on any atom is -0.440 e. The van der Waals surface area contributed by atoms with Gasteiger partial charge in [0.1, 0.15) is 5.52 Å². The monoisotopic (exact) mass is 447 g/mol. The lowest BCUT2D eigenvalue weighted by Crippen LogP contribution is -2.40. The number of hydrogen-bond donors (Lipinski definition) is 1. The van der Waals surface area contributed by atoms with E-state index in [1.54, 1.807) is 6.07 Å². The molecule has 1 saturated heterocycles. The van der Waals surface area contributed by atoms with Crippen molar-refractivity contribution in [3.05, 3.63) is 57.3 Å². The van der Waals surface area contributed by atoms with Gasteiger partial charge in [-0.15, -0.1) is 0 Å². The number of oxazole rings is 1. The van der Waals surface area contributed by atoms with Gasteiger partial charge in [0.25, 0.3) is 0 Å². The summed E-state index contributed by atoms with van der Waals surface area (Å²) in [6.07, 6.45) is 1.64. The first-order chi connectivity index (χ1) is 13.0. The normalized spacial score (nSPS) is 15.3. The summed E-state index contributed by atoms with van der Waals surface area (Å²) in [5, 5.41) is 3.63. The molecule has 7 heteroatoms. The number of fused-ring (bicyclic) bond motifs is 1. The second kappa shape index (κ2) is 7.52. The molecule has 4 rings (SSSR count). The number of nitrogens with one attached hydrogen (secondary N) is 1. The molecule has 0 spiro atoms. The number of anilines is 1. The van der Waals surface area contributed by atoms with Crippen LogP contribution in [0, 0.1) is 6.92 Å².